The summed E-state index contributed by atoms with van der Waals surface area (Å²) in [4.78, 5) is 16.1. The van der Waals surface area contributed by atoms with Crippen LogP contribution >= 0.6 is 0 Å². The highest BCUT2D eigenvalue weighted by Gasteiger charge is 2.01. The Morgan fingerprint density at radius 2 is 2.53 bits per heavy atom. The molecule has 0 aliphatic heterocycles. The molecule has 1 amide bonds. The number of furan rings is 1. The highest BCUT2D eigenvalue weighted by molar-refractivity contribution is 5.92. The molecular weight excluding hydrogens is 196 g/mol. The molecule has 2 heterocycles. The third-order valence-corrected chi connectivity index (χ3v) is 1.79. The quantitative estimate of drug-likeness (QED) is 0.350. The van der Waals surface area contributed by atoms with Crippen LogP contribution in [0, 0.1) is 0 Å². The summed E-state index contributed by atoms with van der Waals surface area (Å²) in [7, 11) is 0. The maximum Gasteiger partial charge on any atom is 0.242 e. The fourth-order valence-corrected chi connectivity index (χ4v) is 1.18. The molecule has 0 bridgehead atoms. The molecule has 0 spiro atoms. The predicted octanol–water partition coefficient (Wildman–Crippen LogP) is 2.61. The molecule has 0 fully saturated rings. The number of azide groups is 1. The lowest BCUT2D eigenvalue weighted by Gasteiger charge is -1.81. The summed E-state index contributed by atoms with van der Waals surface area (Å²) in [6.45, 7) is 0. The van der Waals surface area contributed by atoms with Gasteiger partial charge in [0.15, 0.2) is 5.58 Å². The smallest absolute Gasteiger partial charge is 0.242 e. The van der Waals surface area contributed by atoms with Crippen LogP contribution in [0.5, 0.6) is 0 Å². The van der Waals surface area contributed by atoms with Gasteiger partial charge in [0.2, 0.25) is 5.91 Å². The molecule has 15 heavy (non-hydrogen) atoms. The summed E-state index contributed by atoms with van der Waals surface area (Å²) in [5, 5.41) is 2.89. The first-order chi connectivity index (χ1) is 7.29. The van der Waals surface area contributed by atoms with Crippen molar-refractivity contribution in [1.82, 2.24) is 4.98 Å². The number of nitrogens with one attached hydrogen (secondary N) is 1. The van der Waals surface area contributed by atoms with Gasteiger partial charge in [0, 0.05) is 17.2 Å². The molecule has 0 saturated carbocycles. The fraction of sp³-hybridized carbons (Fsp3) is 0. The van der Waals surface area contributed by atoms with Crippen LogP contribution in [0.15, 0.2) is 33.9 Å². The number of H-pyrrole nitrogens is 1. The molecule has 6 nitrogen and oxygen atoms in total. The van der Waals surface area contributed by atoms with E-state index in [4.69, 9.17) is 9.95 Å². The molecule has 0 aliphatic rings. The summed E-state index contributed by atoms with van der Waals surface area (Å²) < 4.78 is 5.33. The molecule has 74 valence electrons. The molecule has 0 atom stereocenters. The van der Waals surface area contributed by atoms with Crippen molar-refractivity contribution in [3.63, 3.8) is 0 Å². The molecule has 0 aliphatic carbocycles. The first-order valence-corrected chi connectivity index (χ1v) is 4.13. The summed E-state index contributed by atoms with van der Waals surface area (Å²) in [6.07, 6.45) is 4.36. The Morgan fingerprint density at radius 1 is 1.67 bits per heavy atom. The number of aromatic nitrogens is 1. The monoisotopic (exact) mass is 202 g/mol. The lowest BCUT2D eigenvalue weighted by atomic mass is 10.4. The molecule has 0 unspecified atom stereocenters. The van der Waals surface area contributed by atoms with Crippen molar-refractivity contribution in [2.24, 2.45) is 5.11 Å². The van der Waals surface area contributed by atoms with Gasteiger partial charge in [-0.3, -0.25) is 4.79 Å². The summed E-state index contributed by atoms with van der Waals surface area (Å²) in [6, 6.07) is 3.52. The Balaban J connectivity index is 2.22. The number of nitrogens with zero attached hydrogens (tertiary/aromatic N) is 3. The van der Waals surface area contributed by atoms with E-state index in [1.807, 2.05) is 0 Å². The Bertz CT molecular complexity index is 543. The van der Waals surface area contributed by atoms with Gasteiger partial charge in [-0.25, -0.2) is 0 Å². The number of hydrogen-bond donors (Lipinski definition) is 1. The zero-order chi connectivity index (χ0) is 10.7. The normalized spacial score (nSPS) is 10.7. The van der Waals surface area contributed by atoms with E-state index in [1.54, 1.807) is 18.3 Å². The van der Waals surface area contributed by atoms with Crippen LogP contribution in [-0.2, 0) is 4.79 Å². The fourth-order valence-electron chi connectivity index (χ4n) is 1.18. The van der Waals surface area contributed by atoms with E-state index < -0.39 is 5.91 Å². The van der Waals surface area contributed by atoms with Gasteiger partial charge in [0.1, 0.15) is 5.76 Å². The lowest BCUT2D eigenvalue weighted by Crippen LogP contribution is -1.81. The van der Waals surface area contributed by atoms with Crippen molar-refractivity contribution < 1.29 is 9.21 Å². The van der Waals surface area contributed by atoms with Gasteiger partial charge in [-0.05, 0) is 28.9 Å². The third-order valence-electron chi connectivity index (χ3n) is 1.79. The second-order valence-electron chi connectivity index (χ2n) is 2.77. The number of hydrogen-bond acceptors (Lipinski definition) is 2. The SMILES string of the molecule is [N-]=[N+]=NC(=O)C=Cc1cc2[nH]ccc2o1. The van der Waals surface area contributed by atoms with Crippen LogP contribution in [0.3, 0.4) is 0 Å². The van der Waals surface area contributed by atoms with Gasteiger partial charge >= 0.3 is 0 Å². The van der Waals surface area contributed by atoms with Crippen molar-refractivity contribution >= 4 is 23.1 Å². The number of carbonyl (C=O) groups excluding carboxylic acids is 1. The number of carbonyl (C=O) groups is 1. The molecule has 0 aromatic carbocycles. The highest BCUT2D eigenvalue weighted by Crippen LogP contribution is 2.18. The molecule has 2 aromatic heterocycles. The van der Waals surface area contributed by atoms with E-state index in [0.717, 1.165) is 11.6 Å². The number of rotatable bonds is 2. The highest BCUT2D eigenvalue weighted by atomic mass is 16.3. The van der Waals surface area contributed by atoms with Gasteiger partial charge in [0.05, 0.1) is 5.52 Å². The van der Waals surface area contributed by atoms with Crippen LogP contribution in [-0.4, -0.2) is 10.9 Å². The molecule has 2 aromatic rings. The van der Waals surface area contributed by atoms with Crippen LogP contribution in [0.4, 0.5) is 0 Å². The minimum Gasteiger partial charge on any atom is -0.455 e. The van der Waals surface area contributed by atoms with Crippen molar-refractivity contribution in [3.05, 3.63) is 40.6 Å². The average molecular weight is 202 g/mol. The molecular formula is C9H6N4O2. The minimum atomic E-state index is -0.655. The van der Waals surface area contributed by atoms with Gasteiger partial charge < -0.3 is 9.40 Å². The zero-order valence-electron chi connectivity index (χ0n) is 7.54. The summed E-state index contributed by atoms with van der Waals surface area (Å²) >= 11 is 0. The van der Waals surface area contributed by atoms with E-state index in [2.05, 4.69) is 15.0 Å². The maximum absolute atomic E-state index is 10.8. The molecule has 1 N–H and O–H groups in total. The van der Waals surface area contributed by atoms with E-state index >= 15 is 0 Å². The van der Waals surface area contributed by atoms with Crippen LogP contribution in [0.2, 0.25) is 0 Å². The van der Waals surface area contributed by atoms with Crippen LogP contribution in [0.1, 0.15) is 5.76 Å². The lowest BCUT2D eigenvalue weighted by molar-refractivity contribution is -0.113. The predicted molar refractivity (Wildman–Crippen MR) is 53.8 cm³/mol. The summed E-state index contributed by atoms with van der Waals surface area (Å²) in [5.74, 6) is -0.129. The van der Waals surface area contributed by atoms with Crippen LogP contribution < -0.4 is 0 Å². The zero-order valence-corrected chi connectivity index (χ0v) is 7.54. The molecule has 0 saturated heterocycles. The molecule has 0 radical (unpaired) electrons. The van der Waals surface area contributed by atoms with Crippen molar-refractivity contribution in [2.75, 3.05) is 0 Å². The Morgan fingerprint density at radius 3 is 3.27 bits per heavy atom. The van der Waals surface area contributed by atoms with Crippen molar-refractivity contribution in [2.45, 2.75) is 0 Å². The Kier molecular flexibility index (Phi) is 2.26. The third kappa shape index (κ3) is 1.90. The van der Waals surface area contributed by atoms with E-state index in [-0.39, 0.29) is 0 Å². The Labute approximate surface area is 83.8 Å². The molecule has 6 heteroatoms. The number of aromatic amines is 1. The maximum atomic E-state index is 10.8. The van der Waals surface area contributed by atoms with Gasteiger partial charge in [0.25, 0.3) is 0 Å². The first kappa shape index (κ1) is 9.11. The van der Waals surface area contributed by atoms with Crippen molar-refractivity contribution in [3.8, 4) is 0 Å². The number of fused-ring (bicyclic) bond motifs is 1. The van der Waals surface area contributed by atoms with Gasteiger partial charge in [-0.15, -0.1) is 0 Å². The topological polar surface area (TPSA) is 94.8 Å². The first-order valence-electron chi connectivity index (χ1n) is 4.13. The second kappa shape index (κ2) is 3.73. The second-order valence-corrected chi connectivity index (χ2v) is 2.77. The molecule has 2 rings (SSSR count). The standard InChI is InChI=1S/C9H6N4O2/c10-13-12-9(14)2-1-6-5-7-8(15-6)3-4-11-7/h1-5,11H. The van der Waals surface area contributed by atoms with E-state index in [1.165, 1.54) is 6.08 Å². The minimum absolute atomic E-state index is 0.526. The average Bonchev–Trinajstić information content (AvgIpc) is 2.74. The largest absolute Gasteiger partial charge is 0.455 e. The van der Waals surface area contributed by atoms with Crippen molar-refractivity contribution in [1.29, 1.82) is 0 Å². The summed E-state index contributed by atoms with van der Waals surface area (Å²) in [5.41, 5.74) is 9.56. The number of amides is 1. The van der Waals surface area contributed by atoms with Crippen LogP contribution in [0.25, 0.3) is 27.6 Å². The van der Waals surface area contributed by atoms with E-state index in [0.29, 0.717) is 11.3 Å². The van der Waals surface area contributed by atoms with Gasteiger partial charge in [-0.2, -0.15) is 0 Å². The Hall–Kier alpha value is -2.46. The van der Waals surface area contributed by atoms with E-state index in [9.17, 15) is 4.79 Å². The van der Waals surface area contributed by atoms with Gasteiger partial charge in [-0.1, -0.05) is 0 Å².